The quantitative estimate of drug-likeness (QED) is 0.778. The fraction of sp³-hybridized carbons (Fsp3) is 0.692. The highest BCUT2D eigenvalue weighted by Crippen LogP contribution is 2.46. The average Bonchev–Trinajstić information content (AvgIpc) is 2.32. The smallest absolute Gasteiger partial charge is 0.313 e. The molecule has 0 saturated carbocycles. The third kappa shape index (κ3) is 5.03. The first-order valence-electron chi connectivity index (χ1n) is 7.00. The molecule has 0 amide bonds. The van der Waals surface area contributed by atoms with E-state index in [1.165, 1.54) is 10.9 Å². The van der Waals surface area contributed by atoms with Gasteiger partial charge in [0.25, 0.3) is 5.56 Å². The molecule has 126 valence electrons. The van der Waals surface area contributed by atoms with E-state index in [1.807, 2.05) is 41.5 Å². The van der Waals surface area contributed by atoms with Crippen LogP contribution < -0.4 is 15.2 Å². The van der Waals surface area contributed by atoms with E-state index in [0.29, 0.717) is 6.61 Å². The van der Waals surface area contributed by atoms with E-state index in [2.05, 4.69) is 10.2 Å². The van der Waals surface area contributed by atoms with Crippen LogP contribution in [0.2, 0.25) is 5.02 Å². The van der Waals surface area contributed by atoms with Crippen LogP contribution in [0, 0.1) is 0 Å². The molecule has 1 atom stereocenters. The molecule has 9 heteroatoms. The predicted molar refractivity (Wildman–Crippen MR) is 93.3 cm³/mol. The summed E-state index contributed by atoms with van der Waals surface area (Å²) in [5.74, 6) is 0.136. The van der Waals surface area contributed by atoms with Gasteiger partial charge >= 0.3 is 6.64 Å². The third-order valence-electron chi connectivity index (χ3n) is 2.46. The summed E-state index contributed by atoms with van der Waals surface area (Å²) in [6.07, 6.45) is 1.40. The van der Waals surface area contributed by atoms with Gasteiger partial charge in [-0.3, -0.25) is 4.79 Å². The number of aromatic nitrogens is 2. The van der Waals surface area contributed by atoms with E-state index in [1.54, 1.807) is 0 Å². The monoisotopic (exact) mass is 367 g/mol. The molecule has 6 nitrogen and oxygen atoms in total. The van der Waals surface area contributed by atoms with Gasteiger partial charge in [0.05, 0.1) is 18.3 Å². The number of hydrogen-bond acceptors (Lipinski definition) is 5. The summed E-state index contributed by atoms with van der Waals surface area (Å²) in [6.45, 7) is 8.88. The van der Waals surface area contributed by atoms with Crippen molar-refractivity contribution in [2.45, 2.75) is 53.1 Å². The molecule has 0 radical (unpaired) electrons. The van der Waals surface area contributed by atoms with Gasteiger partial charge in [-0.25, -0.2) is 9.77 Å². The molecule has 0 aliphatic heterocycles. The largest absolute Gasteiger partial charge is 0.429 e. The van der Waals surface area contributed by atoms with Crippen molar-refractivity contribution >= 4 is 30.1 Å². The second-order valence-electron chi connectivity index (χ2n) is 6.00. The lowest BCUT2D eigenvalue weighted by Crippen LogP contribution is -2.36. The van der Waals surface area contributed by atoms with Crippen molar-refractivity contribution < 1.29 is 9.05 Å². The van der Waals surface area contributed by atoms with Crippen LogP contribution in [0.1, 0.15) is 41.5 Å². The van der Waals surface area contributed by atoms with Crippen LogP contribution in [0.5, 0.6) is 5.75 Å². The molecule has 22 heavy (non-hydrogen) atoms. The van der Waals surface area contributed by atoms with Crippen molar-refractivity contribution in [2.24, 2.45) is 0 Å². The Labute approximate surface area is 141 Å². The molecule has 0 saturated heterocycles. The minimum absolute atomic E-state index is 0.0515. The van der Waals surface area contributed by atoms with Crippen LogP contribution in [-0.4, -0.2) is 22.4 Å². The van der Waals surface area contributed by atoms with Crippen LogP contribution in [0.3, 0.4) is 0 Å². The fourth-order valence-corrected chi connectivity index (χ4v) is 4.63. The molecular formula is C13H23ClN3O3PS. The first-order chi connectivity index (χ1) is 10.00. The van der Waals surface area contributed by atoms with Crippen molar-refractivity contribution in [1.29, 1.82) is 0 Å². The highest BCUT2D eigenvalue weighted by molar-refractivity contribution is 8.09. The topological polar surface area (TPSA) is 65.4 Å². The SMILES string of the molecule is CCO[P@@](=S)(NC(C)C)Oc1cnn(C(C)(C)C)c(=O)c1Cl. The van der Waals surface area contributed by atoms with E-state index < -0.39 is 17.7 Å². The lowest BCUT2D eigenvalue weighted by Gasteiger charge is -2.26. The number of nitrogens with one attached hydrogen (secondary N) is 1. The van der Waals surface area contributed by atoms with Crippen molar-refractivity contribution in [3.05, 3.63) is 21.6 Å². The van der Waals surface area contributed by atoms with Gasteiger partial charge in [-0.15, -0.1) is 0 Å². The van der Waals surface area contributed by atoms with E-state index in [9.17, 15) is 4.79 Å². The summed E-state index contributed by atoms with van der Waals surface area (Å²) in [5.41, 5.74) is -0.899. The van der Waals surface area contributed by atoms with Crippen molar-refractivity contribution in [3.63, 3.8) is 0 Å². The second kappa shape index (κ2) is 7.41. The average molecular weight is 368 g/mol. The molecule has 0 aliphatic rings. The highest BCUT2D eigenvalue weighted by Gasteiger charge is 2.26. The van der Waals surface area contributed by atoms with E-state index in [4.69, 9.17) is 32.5 Å². The van der Waals surface area contributed by atoms with Gasteiger partial charge in [-0.2, -0.15) is 5.10 Å². The Morgan fingerprint density at radius 2 is 2.09 bits per heavy atom. The lowest BCUT2D eigenvalue weighted by molar-refractivity contribution is 0.313. The Kier molecular flexibility index (Phi) is 6.59. The predicted octanol–water partition coefficient (Wildman–Crippen LogP) is 3.29. The molecule has 0 fully saturated rings. The van der Waals surface area contributed by atoms with Gasteiger partial charge in [0, 0.05) is 6.04 Å². The Morgan fingerprint density at radius 3 is 2.55 bits per heavy atom. The second-order valence-corrected chi connectivity index (χ2v) is 9.51. The van der Waals surface area contributed by atoms with Crippen molar-refractivity contribution in [1.82, 2.24) is 14.9 Å². The van der Waals surface area contributed by atoms with E-state index in [-0.39, 0.29) is 16.8 Å². The molecule has 0 bridgehead atoms. The van der Waals surface area contributed by atoms with E-state index >= 15 is 0 Å². The Morgan fingerprint density at radius 1 is 1.50 bits per heavy atom. The molecule has 0 aromatic carbocycles. The fourth-order valence-electron chi connectivity index (χ4n) is 1.66. The van der Waals surface area contributed by atoms with Crippen LogP contribution in [0.25, 0.3) is 0 Å². The zero-order valence-corrected chi connectivity index (χ0v) is 16.2. The molecule has 1 rings (SSSR count). The number of halogens is 1. The molecule has 0 spiro atoms. The zero-order valence-electron chi connectivity index (χ0n) is 13.7. The summed E-state index contributed by atoms with van der Waals surface area (Å²) in [6, 6.07) is 0.0686. The Bertz CT molecular complexity index is 628. The van der Waals surface area contributed by atoms with Gasteiger partial charge in [0.1, 0.15) is 0 Å². The summed E-state index contributed by atoms with van der Waals surface area (Å²) in [4.78, 5) is 12.3. The summed E-state index contributed by atoms with van der Waals surface area (Å²) in [7, 11) is 0. The molecule has 1 heterocycles. The van der Waals surface area contributed by atoms with Crippen molar-refractivity contribution in [2.75, 3.05) is 6.61 Å². The minimum atomic E-state index is -2.79. The van der Waals surface area contributed by atoms with Gasteiger partial charge in [0.15, 0.2) is 10.8 Å². The Balaban J connectivity index is 3.20. The molecule has 1 N–H and O–H groups in total. The molecule has 0 unspecified atom stereocenters. The molecule has 0 aliphatic carbocycles. The normalized spacial score (nSPS) is 14.9. The zero-order chi connectivity index (χ0) is 17.1. The minimum Gasteiger partial charge on any atom is -0.429 e. The standard InChI is InChI=1S/C13H23ClN3O3PS/c1-7-19-21(22,16-9(2)3)20-10-8-15-17(13(4,5)6)12(18)11(10)14/h8-9H,7H2,1-6H3,(H,16,22)/t21-/m0/s1. The van der Waals surface area contributed by atoms with Gasteiger partial charge in [-0.05, 0) is 53.3 Å². The van der Waals surface area contributed by atoms with Gasteiger partial charge < -0.3 is 9.05 Å². The van der Waals surface area contributed by atoms with Crippen LogP contribution >= 0.6 is 18.2 Å². The molecular weight excluding hydrogens is 345 g/mol. The summed E-state index contributed by atoms with van der Waals surface area (Å²) in [5, 5.41) is 7.15. The van der Waals surface area contributed by atoms with Crippen molar-refractivity contribution in [3.8, 4) is 5.75 Å². The summed E-state index contributed by atoms with van der Waals surface area (Å²) >= 11 is 11.6. The number of rotatable bonds is 6. The molecule has 1 aromatic heterocycles. The van der Waals surface area contributed by atoms with Crippen LogP contribution in [0.4, 0.5) is 0 Å². The van der Waals surface area contributed by atoms with Crippen LogP contribution in [-0.2, 0) is 21.9 Å². The first-order valence-corrected chi connectivity index (χ1v) is 10.0. The highest BCUT2D eigenvalue weighted by atomic mass is 35.5. The maximum atomic E-state index is 12.3. The maximum absolute atomic E-state index is 12.3. The Hall–Kier alpha value is -0.460. The maximum Gasteiger partial charge on any atom is 0.313 e. The molecule has 1 aromatic rings. The van der Waals surface area contributed by atoms with Gasteiger partial charge in [-0.1, -0.05) is 11.6 Å². The van der Waals surface area contributed by atoms with E-state index in [0.717, 1.165) is 0 Å². The third-order valence-corrected chi connectivity index (χ3v) is 5.53. The number of nitrogens with zero attached hydrogens (tertiary/aromatic N) is 2. The van der Waals surface area contributed by atoms with Gasteiger partial charge in [0.2, 0.25) is 0 Å². The lowest BCUT2D eigenvalue weighted by atomic mass is 10.1. The number of hydrogen-bond donors (Lipinski definition) is 1. The summed E-state index contributed by atoms with van der Waals surface area (Å²) < 4.78 is 12.6. The van der Waals surface area contributed by atoms with Crippen LogP contribution in [0.15, 0.2) is 11.0 Å². The first kappa shape index (κ1) is 19.6.